The van der Waals surface area contributed by atoms with Gasteiger partial charge in [-0.15, -0.1) is 0 Å². The smallest absolute Gasteiger partial charge is 0.147 e. The zero-order valence-corrected chi connectivity index (χ0v) is 5.56. The van der Waals surface area contributed by atoms with E-state index in [0.717, 1.165) is 13.0 Å². The van der Waals surface area contributed by atoms with Crippen molar-refractivity contribution in [3.63, 3.8) is 0 Å². The largest absolute Gasteiger partial charge is 0.355 e. The van der Waals surface area contributed by atoms with Gasteiger partial charge >= 0.3 is 0 Å². The molecule has 2 aliphatic rings. The van der Waals surface area contributed by atoms with Gasteiger partial charge in [-0.3, -0.25) is 0 Å². The molecule has 0 aromatic carbocycles. The lowest BCUT2D eigenvalue weighted by Crippen LogP contribution is -2.44. The Hall–Kier alpha value is -0.0800. The van der Waals surface area contributed by atoms with Gasteiger partial charge in [-0.25, -0.2) is 0 Å². The van der Waals surface area contributed by atoms with Gasteiger partial charge < -0.3 is 9.47 Å². The molecule has 52 valence electrons. The summed E-state index contributed by atoms with van der Waals surface area (Å²) < 4.78 is 10.6. The number of ether oxygens (including phenoxy) is 2. The van der Waals surface area contributed by atoms with Gasteiger partial charge in [-0.05, 0) is 25.7 Å². The first kappa shape index (κ1) is 5.69. The molecule has 0 aromatic heterocycles. The second kappa shape index (κ2) is 1.96. The van der Waals surface area contributed by atoms with E-state index < -0.39 is 0 Å². The van der Waals surface area contributed by atoms with Gasteiger partial charge in [0.05, 0.1) is 12.2 Å². The molecule has 2 rings (SSSR count). The average Bonchev–Trinajstić information content (AvgIpc) is 1.87. The van der Waals surface area contributed by atoms with E-state index in [2.05, 4.69) is 0 Å². The van der Waals surface area contributed by atoms with Crippen LogP contribution >= 0.6 is 0 Å². The molecule has 0 N–H and O–H groups in total. The summed E-state index contributed by atoms with van der Waals surface area (Å²) in [6.07, 6.45) is 4.99. The van der Waals surface area contributed by atoms with E-state index in [1.165, 1.54) is 19.3 Å². The fraction of sp³-hybridized carbons (Fsp3) is 1.00. The molecule has 2 nitrogen and oxygen atoms in total. The molecule has 1 aliphatic heterocycles. The molecule has 2 heteroatoms. The van der Waals surface area contributed by atoms with Crippen LogP contribution in [0.1, 0.15) is 25.7 Å². The first-order valence-electron chi connectivity index (χ1n) is 3.63. The van der Waals surface area contributed by atoms with E-state index in [1.54, 1.807) is 0 Å². The summed E-state index contributed by atoms with van der Waals surface area (Å²) >= 11 is 0. The van der Waals surface area contributed by atoms with Crippen LogP contribution in [0, 0.1) is 0 Å². The van der Waals surface area contributed by atoms with Crippen molar-refractivity contribution in [2.45, 2.75) is 31.3 Å². The molecular weight excluding hydrogens is 116 g/mol. The standard InChI is InChI=1S/C7H12O2/c1-2-7(3-1)4-5-8-6-9-7/h1-6H2. The van der Waals surface area contributed by atoms with Crippen molar-refractivity contribution in [3.05, 3.63) is 0 Å². The van der Waals surface area contributed by atoms with Crippen molar-refractivity contribution in [2.24, 2.45) is 0 Å². The van der Waals surface area contributed by atoms with Crippen molar-refractivity contribution >= 4 is 0 Å². The highest BCUT2D eigenvalue weighted by Gasteiger charge is 2.39. The Kier molecular flexibility index (Phi) is 1.24. The highest BCUT2D eigenvalue weighted by molar-refractivity contribution is 4.90. The topological polar surface area (TPSA) is 18.5 Å². The van der Waals surface area contributed by atoms with Crippen LogP contribution < -0.4 is 0 Å². The minimum atomic E-state index is 0.276. The molecule has 1 aliphatic carbocycles. The van der Waals surface area contributed by atoms with Crippen LogP contribution in [-0.4, -0.2) is 19.0 Å². The van der Waals surface area contributed by atoms with E-state index in [4.69, 9.17) is 9.47 Å². The average molecular weight is 128 g/mol. The number of rotatable bonds is 0. The van der Waals surface area contributed by atoms with Gasteiger partial charge in [0, 0.05) is 0 Å². The van der Waals surface area contributed by atoms with E-state index in [0.29, 0.717) is 6.79 Å². The van der Waals surface area contributed by atoms with Crippen molar-refractivity contribution in [1.82, 2.24) is 0 Å². The zero-order chi connectivity index (χ0) is 6.16. The van der Waals surface area contributed by atoms with Crippen LogP contribution in [0.5, 0.6) is 0 Å². The van der Waals surface area contributed by atoms with E-state index in [1.807, 2.05) is 0 Å². The zero-order valence-electron chi connectivity index (χ0n) is 5.56. The maximum atomic E-state index is 5.48. The fourth-order valence-electron chi connectivity index (χ4n) is 1.52. The molecule has 1 saturated carbocycles. The fourth-order valence-corrected chi connectivity index (χ4v) is 1.52. The Morgan fingerprint density at radius 3 is 2.33 bits per heavy atom. The molecule has 0 amide bonds. The lowest BCUT2D eigenvalue weighted by atomic mass is 9.77. The van der Waals surface area contributed by atoms with Crippen LogP contribution in [0.25, 0.3) is 0 Å². The second-order valence-corrected chi connectivity index (χ2v) is 2.96. The lowest BCUT2D eigenvalue weighted by molar-refractivity contribution is -0.221. The molecule has 0 bridgehead atoms. The summed E-state index contributed by atoms with van der Waals surface area (Å²) in [5.74, 6) is 0. The predicted octanol–water partition coefficient (Wildman–Crippen LogP) is 1.30. The summed E-state index contributed by atoms with van der Waals surface area (Å²) in [4.78, 5) is 0. The second-order valence-electron chi connectivity index (χ2n) is 2.96. The highest BCUT2D eigenvalue weighted by atomic mass is 16.7. The Balaban J connectivity index is 1.93. The quantitative estimate of drug-likeness (QED) is 0.489. The van der Waals surface area contributed by atoms with Crippen LogP contribution in [0.15, 0.2) is 0 Å². The molecule has 2 fully saturated rings. The van der Waals surface area contributed by atoms with Crippen LogP contribution in [-0.2, 0) is 9.47 Å². The van der Waals surface area contributed by atoms with Gasteiger partial charge in [-0.1, -0.05) is 0 Å². The van der Waals surface area contributed by atoms with Crippen molar-refractivity contribution in [1.29, 1.82) is 0 Å². The third-order valence-corrected chi connectivity index (χ3v) is 2.42. The molecule has 1 spiro atoms. The molecule has 1 saturated heterocycles. The molecule has 1 heterocycles. The monoisotopic (exact) mass is 128 g/mol. The number of hydrogen-bond donors (Lipinski definition) is 0. The third kappa shape index (κ3) is 0.864. The summed E-state index contributed by atoms with van der Waals surface area (Å²) in [5, 5.41) is 0. The van der Waals surface area contributed by atoms with Crippen LogP contribution in [0.2, 0.25) is 0 Å². The highest BCUT2D eigenvalue weighted by Crippen LogP contribution is 2.39. The molecule has 0 atom stereocenters. The first-order chi connectivity index (χ1) is 4.41. The molecule has 0 aromatic rings. The van der Waals surface area contributed by atoms with Crippen molar-refractivity contribution in [3.8, 4) is 0 Å². The Bertz CT molecular complexity index is 99.5. The van der Waals surface area contributed by atoms with Crippen molar-refractivity contribution in [2.75, 3.05) is 13.4 Å². The number of hydrogen-bond acceptors (Lipinski definition) is 2. The first-order valence-corrected chi connectivity index (χ1v) is 3.63. The van der Waals surface area contributed by atoms with E-state index >= 15 is 0 Å². The molecule has 9 heavy (non-hydrogen) atoms. The van der Waals surface area contributed by atoms with Crippen molar-refractivity contribution < 1.29 is 9.47 Å². The van der Waals surface area contributed by atoms with Crippen LogP contribution in [0.4, 0.5) is 0 Å². The van der Waals surface area contributed by atoms with Gasteiger partial charge in [0.15, 0.2) is 0 Å². The molecule has 0 radical (unpaired) electrons. The summed E-state index contributed by atoms with van der Waals surface area (Å²) in [7, 11) is 0. The minimum absolute atomic E-state index is 0.276. The normalized spacial score (nSPS) is 32.0. The van der Waals surface area contributed by atoms with Gasteiger partial charge in [0.2, 0.25) is 0 Å². The SMILES string of the molecule is C1CC2(C1)CCOCO2. The molecule has 0 unspecified atom stereocenters. The maximum Gasteiger partial charge on any atom is 0.147 e. The summed E-state index contributed by atoms with van der Waals surface area (Å²) in [6, 6.07) is 0. The molecular formula is C7H12O2. The Morgan fingerprint density at radius 1 is 1.11 bits per heavy atom. The maximum absolute atomic E-state index is 5.48. The van der Waals surface area contributed by atoms with E-state index in [-0.39, 0.29) is 5.60 Å². The third-order valence-electron chi connectivity index (χ3n) is 2.42. The summed E-state index contributed by atoms with van der Waals surface area (Å²) in [5.41, 5.74) is 0.276. The van der Waals surface area contributed by atoms with Gasteiger partial charge in [0.1, 0.15) is 6.79 Å². The minimum Gasteiger partial charge on any atom is -0.355 e. The van der Waals surface area contributed by atoms with Crippen LogP contribution in [0.3, 0.4) is 0 Å². The predicted molar refractivity (Wildman–Crippen MR) is 33.1 cm³/mol. The van der Waals surface area contributed by atoms with E-state index in [9.17, 15) is 0 Å². The van der Waals surface area contributed by atoms with Gasteiger partial charge in [0.25, 0.3) is 0 Å². The Morgan fingerprint density at radius 2 is 2.00 bits per heavy atom. The Labute approximate surface area is 55.1 Å². The lowest BCUT2D eigenvalue weighted by Gasteiger charge is -2.43. The van der Waals surface area contributed by atoms with Gasteiger partial charge in [-0.2, -0.15) is 0 Å². The summed E-state index contributed by atoms with van der Waals surface area (Å²) in [6.45, 7) is 1.43.